The van der Waals surface area contributed by atoms with Crippen LogP contribution >= 0.6 is 0 Å². The monoisotopic (exact) mass is 383 g/mol. The molecule has 1 unspecified atom stereocenters. The van der Waals surface area contributed by atoms with Gasteiger partial charge in [0.2, 0.25) is 0 Å². The third-order valence-corrected chi connectivity index (χ3v) is 4.72. The number of hydrogen-bond acceptors (Lipinski definition) is 4. The summed E-state index contributed by atoms with van der Waals surface area (Å²) in [5, 5.41) is 2.97. The van der Waals surface area contributed by atoms with E-state index in [1.807, 2.05) is 50.4 Å². The fourth-order valence-corrected chi connectivity index (χ4v) is 2.93. The van der Waals surface area contributed by atoms with E-state index < -0.39 is 0 Å². The van der Waals surface area contributed by atoms with Crippen LogP contribution in [0.5, 0.6) is 17.2 Å². The molecule has 0 fully saturated rings. The van der Waals surface area contributed by atoms with Crippen molar-refractivity contribution in [3.05, 3.63) is 60.7 Å². The van der Waals surface area contributed by atoms with E-state index in [1.165, 1.54) is 0 Å². The molecule has 0 saturated heterocycles. The molecular weight excluding hydrogens is 356 g/mol. The van der Waals surface area contributed by atoms with E-state index in [9.17, 15) is 4.79 Å². The van der Waals surface area contributed by atoms with Crippen LogP contribution in [0.4, 0.5) is 5.69 Å². The van der Waals surface area contributed by atoms with Gasteiger partial charge in [-0.05, 0) is 43.3 Å². The summed E-state index contributed by atoms with van der Waals surface area (Å²) < 4.78 is 16.6. The van der Waals surface area contributed by atoms with Crippen molar-refractivity contribution in [3.8, 4) is 17.2 Å². The predicted molar refractivity (Wildman–Crippen MR) is 108 cm³/mol. The highest BCUT2D eigenvalue weighted by atomic mass is 16.6. The Morgan fingerprint density at radius 1 is 1.21 bits per heavy atom. The zero-order chi connectivity index (χ0) is 19.9. The second-order valence-corrected chi connectivity index (χ2v) is 6.84. The molecule has 0 aliphatic carbocycles. The number of benzene rings is 2. The standard InChI is InChI=1S/C22H26N2O4/c1-4-11-26-19-8-5-17(6-9-19)15-24(3)16(2)22(25)23-18-7-10-20-21(14-18)28-13-12-27-20/h4-10,14,16H,1,11-13,15H2,2-3H3,(H,23,25)/p+1/t16-/m1/s1. The summed E-state index contributed by atoms with van der Waals surface area (Å²) in [4.78, 5) is 13.7. The zero-order valence-electron chi connectivity index (χ0n) is 16.4. The van der Waals surface area contributed by atoms with E-state index >= 15 is 0 Å². The lowest BCUT2D eigenvalue weighted by molar-refractivity contribution is -0.907. The van der Waals surface area contributed by atoms with Gasteiger partial charge >= 0.3 is 0 Å². The highest BCUT2D eigenvalue weighted by molar-refractivity contribution is 5.93. The Kier molecular flexibility index (Phi) is 6.55. The Hall–Kier alpha value is -2.99. The van der Waals surface area contributed by atoms with Crippen LogP contribution in [-0.4, -0.2) is 38.8 Å². The van der Waals surface area contributed by atoms with E-state index in [4.69, 9.17) is 14.2 Å². The number of nitrogens with one attached hydrogen (secondary N) is 2. The molecule has 2 atom stereocenters. The largest absolute Gasteiger partial charge is 0.490 e. The number of rotatable bonds is 8. The van der Waals surface area contributed by atoms with Gasteiger partial charge in [0.05, 0.1) is 7.05 Å². The number of carbonyl (C=O) groups excluding carboxylic acids is 1. The number of carbonyl (C=O) groups is 1. The summed E-state index contributed by atoms with van der Waals surface area (Å²) in [6, 6.07) is 13.1. The summed E-state index contributed by atoms with van der Waals surface area (Å²) in [7, 11) is 2.01. The third-order valence-electron chi connectivity index (χ3n) is 4.72. The first-order valence-electron chi connectivity index (χ1n) is 9.42. The molecule has 0 spiro atoms. The van der Waals surface area contributed by atoms with Crippen molar-refractivity contribution in [2.45, 2.75) is 19.5 Å². The van der Waals surface area contributed by atoms with Crippen molar-refractivity contribution in [2.75, 3.05) is 32.2 Å². The van der Waals surface area contributed by atoms with Crippen LogP contribution in [0.15, 0.2) is 55.1 Å². The van der Waals surface area contributed by atoms with Gasteiger partial charge in [-0.3, -0.25) is 4.79 Å². The molecule has 0 radical (unpaired) electrons. The Morgan fingerprint density at radius 3 is 2.64 bits per heavy atom. The molecule has 0 saturated carbocycles. The van der Waals surface area contributed by atoms with Gasteiger partial charge in [0.15, 0.2) is 17.5 Å². The first-order valence-corrected chi connectivity index (χ1v) is 9.42. The number of ether oxygens (including phenoxy) is 3. The van der Waals surface area contributed by atoms with E-state index in [-0.39, 0.29) is 11.9 Å². The van der Waals surface area contributed by atoms with Crippen LogP contribution in [-0.2, 0) is 11.3 Å². The smallest absolute Gasteiger partial charge is 0.282 e. The second kappa shape index (κ2) is 9.28. The Morgan fingerprint density at radius 2 is 1.93 bits per heavy atom. The molecule has 0 aromatic heterocycles. The molecule has 1 amide bonds. The van der Waals surface area contributed by atoms with Crippen LogP contribution < -0.4 is 24.4 Å². The number of amides is 1. The summed E-state index contributed by atoms with van der Waals surface area (Å²) in [6.45, 7) is 7.85. The van der Waals surface area contributed by atoms with Gasteiger partial charge in [-0.1, -0.05) is 12.7 Å². The van der Waals surface area contributed by atoms with Crippen molar-refractivity contribution in [1.82, 2.24) is 0 Å². The van der Waals surface area contributed by atoms with E-state index in [0.29, 0.717) is 37.0 Å². The van der Waals surface area contributed by atoms with Crippen LogP contribution in [0.3, 0.4) is 0 Å². The molecule has 2 aromatic carbocycles. The lowest BCUT2D eigenvalue weighted by Gasteiger charge is -2.22. The van der Waals surface area contributed by atoms with Gasteiger partial charge in [0.25, 0.3) is 5.91 Å². The molecule has 148 valence electrons. The Bertz CT molecular complexity index is 820. The summed E-state index contributed by atoms with van der Waals surface area (Å²) in [5.41, 5.74) is 1.85. The molecular formula is C22H27N2O4+. The third kappa shape index (κ3) is 5.04. The SMILES string of the molecule is C=CCOc1ccc(C[NH+](C)[C@H](C)C(=O)Nc2ccc3c(c2)OCCO3)cc1. The Labute approximate surface area is 165 Å². The van der Waals surface area contributed by atoms with E-state index in [0.717, 1.165) is 22.8 Å². The quantitative estimate of drug-likeness (QED) is 0.685. The second-order valence-electron chi connectivity index (χ2n) is 6.84. The maximum Gasteiger partial charge on any atom is 0.282 e. The molecule has 1 aliphatic heterocycles. The number of hydrogen-bond donors (Lipinski definition) is 2. The molecule has 1 aliphatic rings. The van der Waals surface area contributed by atoms with Gasteiger partial charge < -0.3 is 24.4 Å². The Balaban J connectivity index is 1.55. The van der Waals surface area contributed by atoms with E-state index in [2.05, 4.69) is 11.9 Å². The fraction of sp³-hybridized carbons (Fsp3) is 0.318. The highest BCUT2D eigenvalue weighted by Gasteiger charge is 2.23. The van der Waals surface area contributed by atoms with Gasteiger partial charge in [-0.2, -0.15) is 0 Å². The topological polar surface area (TPSA) is 61.2 Å². The van der Waals surface area contributed by atoms with Crippen LogP contribution in [0, 0.1) is 0 Å². The number of anilines is 1. The molecule has 6 heteroatoms. The maximum absolute atomic E-state index is 12.7. The molecule has 0 bridgehead atoms. The van der Waals surface area contributed by atoms with E-state index in [1.54, 1.807) is 12.1 Å². The average molecular weight is 383 g/mol. The maximum atomic E-state index is 12.7. The van der Waals surface area contributed by atoms with Crippen LogP contribution in [0.2, 0.25) is 0 Å². The molecule has 28 heavy (non-hydrogen) atoms. The molecule has 1 heterocycles. The van der Waals surface area contributed by atoms with Crippen molar-refractivity contribution >= 4 is 11.6 Å². The van der Waals surface area contributed by atoms with Crippen molar-refractivity contribution < 1.29 is 23.9 Å². The molecule has 6 nitrogen and oxygen atoms in total. The predicted octanol–water partition coefficient (Wildman–Crippen LogP) is 2.06. The van der Waals surface area contributed by atoms with Gasteiger partial charge in [-0.15, -0.1) is 0 Å². The fourth-order valence-electron chi connectivity index (χ4n) is 2.93. The molecule has 2 aromatic rings. The summed E-state index contributed by atoms with van der Waals surface area (Å²) in [6.07, 6.45) is 1.72. The van der Waals surface area contributed by atoms with Gasteiger partial charge in [-0.25, -0.2) is 0 Å². The minimum Gasteiger partial charge on any atom is -0.490 e. The summed E-state index contributed by atoms with van der Waals surface area (Å²) >= 11 is 0. The minimum atomic E-state index is -0.218. The average Bonchev–Trinajstić information content (AvgIpc) is 2.72. The lowest BCUT2D eigenvalue weighted by atomic mass is 10.1. The molecule has 3 rings (SSSR count). The van der Waals surface area contributed by atoms with Crippen molar-refractivity contribution in [3.63, 3.8) is 0 Å². The lowest BCUT2D eigenvalue weighted by Crippen LogP contribution is -3.12. The van der Waals surface area contributed by atoms with Gasteiger partial charge in [0.1, 0.15) is 32.1 Å². The van der Waals surface area contributed by atoms with Crippen LogP contribution in [0.1, 0.15) is 12.5 Å². The highest BCUT2D eigenvalue weighted by Crippen LogP contribution is 2.32. The number of likely N-dealkylation sites (N-methyl/N-ethyl adjacent to an activating group) is 1. The normalized spacial score (nSPS) is 14.6. The number of quaternary nitrogens is 1. The van der Waals surface area contributed by atoms with Crippen LogP contribution in [0.25, 0.3) is 0 Å². The van der Waals surface area contributed by atoms with Crippen molar-refractivity contribution in [2.24, 2.45) is 0 Å². The number of fused-ring (bicyclic) bond motifs is 1. The van der Waals surface area contributed by atoms with Gasteiger partial charge in [0, 0.05) is 17.3 Å². The first-order chi connectivity index (χ1) is 13.6. The van der Waals surface area contributed by atoms with Crippen molar-refractivity contribution in [1.29, 1.82) is 0 Å². The summed E-state index contributed by atoms with van der Waals surface area (Å²) in [5.74, 6) is 2.14. The minimum absolute atomic E-state index is 0.0416. The molecule has 2 N–H and O–H groups in total. The zero-order valence-corrected chi connectivity index (χ0v) is 16.4. The first kappa shape index (κ1) is 19.8.